The zero-order valence-corrected chi connectivity index (χ0v) is 10.2. The summed E-state index contributed by atoms with van der Waals surface area (Å²) < 4.78 is 1.84. The number of imidazole rings is 1. The number of hydrogen-bond acceptors (Lipinski definition) is 4. The summed E-state index contributed by atoms with van der Waals surface area (Å²) in [4.78, 5) is 16.3. The molecule has 8 heteroatoms. The van der Waals surface area contributed by atoms with Crippen LogP contribution in [0.4, 0.5) is 4.79 Å². The van der Waals surface area contributed by atoms with Crippen LogP contribution in [0.5, 0.6) is 0 Å². The molecule has 88 valence electrons. The van der Waals surface area contributed by atoms with Crippen LogP contribution in [0.1, 0.15) is 5.69 Å². The molecule has 2 aromatic rings. The summed E-state index contributed by atoms with van der Waals surface area (Å²) in [6.45, 7) is 1.18. The molecule has 3 heterocycles. The van der Waals surface area contributed by atoms with Crippen molar-refractivity contribution in [1.29, 1.82) is 0 Å². The van der Waals surface area contributed by atoms with Crippen molar-refractivity contribution in [2.24, 2.45) is 5.10 Å². The molecule has 2 amide bonds. The molecule has 0 radical (unpaired) electrons. The SMILES string of the molecule is O=C1NCCN1/N=C/c1c(Cl)nc2sccn12. The topological polar surface area (TPSA) is 62.0 Å². The normalized spacial score (nSPS) is 16.3. The number of aromatic nitrogens is 2. The highest BCUT2D eigenvalue weighted by molar-refractivity contribution is 7.15. The van der Waals surface area contributed by atoms with E-state index in [0.717, 1.165) is 4.96 Å². The number of carbonyl (C=O) groups excluding carboxylic acids is 1. The molecule has 0 aliphatic carbocycles. The Morgan fingerprint density at radius 1 is 1.65 bits per heavy atom. The standard InChI is InChI=1S/C9H8ClN5OS/c10-7-6(14-3-4-17-9(14)13-7)5-12-15-2-1-11-8(15)16/h3-5H,1-2H2,(H,11,16)/b12-5+. The zero-order chi connectivity index (χ0) is 11.8. The summed E-state index contributed by atoms with van der Waals surface area (Å²) in [5.74, 6) is 0. The largest absolute Gasteiger partial charge is 0.337 e. The Labute approximate surface area is 106 Å². The Balaban J connectivity index is 1.93. The zero-order valence-electron chi connectivity index (χ0n) is 8.63. The van der Waals surface area contributed by atoms with E-state index < -0.39 is 0 Å². The molecule has 17 heavy (non-hydrogen) atoms. The first kappa shape index (κ1) is 10.5. The highest BCUT2D eigenvalue weighted by Gasteiger charge is 2.18. The van der Waals surface area contributed by atoms with Crippen LogP contribution in [0, 0.1) is 0 Å². The Hall–Kier alpha value is -1.60. The Kier molecular flexibility index (Phi) is 2.49. The van der Waals surface area contributed by atoms with Crippen molar-refractivity contribution in [1.82, 2.24) is 19.7 Å². The van der Waals surface area contributed by atoms with Gasteiger partial charge in [0, 0.05) is 18.1 Å². The second-order valence-electron chi connectivity index (χ2n) is 3.44. The van der Waals surface area contributed by atoms with Crippen LogP contribution in [-0.2, 0) is 0 Å². The van der Waals surface area contributed by atoms with E-state index in [4.69, 9.17) is 11.6 Å². The number of nitrogens with zero attached hydrogens (tertiary/aromatic N) is 4. The predicted molar refractivity (Wildman–Crippen MR) is 65.8 cm³/mol. The molecule has 2 aromatic heterocycles. The van der Waals surface area contributed by atoms with Crippen LogP contribution >= 0.6 is 22.9 Å². The van der Waals surface area contributed by atoms with Crippen LogP contribution in [0.25, 0.3) is 4.96 Å². The molecule has 1 fully saturated rings. The monoisotopic (exact) mass is 269 g/mol. The number of halogens is 1. The van der Waals surface area contributed by atoms with Gasteiger partial charge in [-0.05, 0) is 0 Å². The van der Waals surface area contributed by atoms with Gasteiger partial charge in [0.05, 0.1) is 12.8 Å². The molecule has 0 aromatic carbocycles. The number of hydrogen-bond donors (Lipinski definition) is 1. The number of fused-ring (bicyclic) bond motifs is 1. The van der Waals surface area contributed by atoms with E-state index >= 15 is 0 Å². The average Bonchev–Trinajstić information content (AvgIpc) is 2.94. The Morgan fingerprint density at radius 2 is 2.53 bits per heavy atom. The third-order valence-electron chi connectivity index (χ3n) is 2.41. The summed E-state index contributed by atoms with van der Waals surface area (Å²) in [5, 5.41) is 10.4. The summed E-state index contributed by atoms with van der Waals surface area (Å²) >= 11 is 7.49. The molecule has 1 aliphatic rings. The maximum absolute atomic E-state index is 11.3. The second-order valence-corrected chi connectivity index (χ2v) is 4.67. The first-order valence-corrected chi connectivity index (χ1v) is 6.22. The van der Waals surface area contributed by atoms with E-state index in [0.29, 0.717) is 23.9 Å². The number of thiazole rings is 1. The Bertz CT molecular complexity index is 604. The molecule has 0 saturated carbocycles. The van der Waals surface area contributed by atoms with E-state index in [9.17, 15) is 4.79 Å². The number of carbonyl (C=O) groups is 1. The van der Waals surface area contributed by atoms with Crippen LogP contribution < -0.4 is 5.32 Å². The van der Waals surface area contributed by atoms with Crippen molar-refractivity contribution < 1.29 is 4.79 Å². The van der Waals surface area contributed by atoms with E-state index in [-0.39, 0.29) is 6.03 Å². The van der Waals surface area contributed by atoms with Crippen molar-refractivity contribution in [3.63, 3.8) is 0 Å². The molecular formula is C9H8ClN5OS. The lowest BCUT2D eigenvalue weighted by Gasteiger charge is -2.04. The number of urea groups is 1. The van der Waals surface area contributed by atoms with Crippen molar-refractivity contribution in [3.05, 3.63) is 22.4 Å². The molecule has 1 aliphatic heterocycles. The smallest absolute Gasteiger partial charge is 0.335 e. The fraction of sp³-hybridized carbons (Fsp3) is 0.222. The summed E-state index contributed by atoms with van der Waals surface area (Å²) in [6.07, 6.45) is 3.42. The Morgan fingerprint density at radius 3 is 3.29 bits per heavy atom. The van der Waals surface area contributed by atoms with Crippen LogP contribution in [0.3, 0.4) is 0 Å². The molecule has 6 nitrogen and oxygen atoms in total. The minimum Gasteiger partial charge on any atom is -0.335 e. The molecule has 3 rings (SSSR count). The number of rotatable bonds is 2. The van der Waals surface area contributed by atoms with E-state index in [1.807, 2.05) is 16.0 Å². The van der Waals surface area contributed by atoms with Crippen molar-refractivity contribution in [2.45, 2.75) is 0 Å². The summed E-state index contributed by atoms with van der Waals surface area (Å²) in [5.41, 5.74) is 0.683. The first-order valence-electron chi connectivity index (χ1n) is 4.96. The molecule has 1 saturated heterocycles. The third kappa shape index (κ3) is 1.77. The maximum atomic E-state index is 11.3. The van der Waals surface area contributed by atoms with Gasteiger partial charge in [0.1, 0.15) is 5.69 Å². The van der Waals surface area contributed by atoms with Crippen LogP contribution in [-0.4, -0.2) is 39.7 Å². The van der Waals surface area contributed by atoms with Crippen molar-refractivity contribution in [2.75, 3.05) is 13.1 Å². The molecular weight excluding hydrogens is 262 g/mol. The summed E-state index contributed by atoms with van der Waals surface area (Å²) in [6, 6.07) is -0.191. The maximum Gasteiger partial charge on any atom is 0.337 e. The van der Waals surface area contributed by atoms with E-state index in [2.05, 4.69) is 15.4 Å². The highest BCUT2D eigenvalue weighted by Crippen LogP contribution is 2.19. The minimum atomic E-state index is -0.191. The second kappa shape index (κ2) is 4.01. The fourth-order valence-corrected chi connectivity index (χ4v) is 2.58. The van der Waals surface area contributed by atoms with Gasteiger partial charge in [0.2, 0.25) is 0 Å². The minimum absolute atomic E-state index is 0.191. The lowest BCUT2D eigenvalue weighted by atomic mass is 10.5. The molecule has 0 spiro atoms. The predicted octanol–water partition coefficient (Wildman–Crippen LogP) is 1.41. The number of amides is 2. The molecule has 1 N–H and O–H groups in total. The van der Waals surface area contributed by atoms with Gasteiger partial charge in [-0.15, -0.1) is 11.3 Å². The lowest BCUT2D eigenvalue weighted by Crippen LogP contribution is -2.23. The van der Waals surface area contributed by atoms with Gasteiger partial charge in [-0.25, -0.2) is 14.8 Å². The number of hydrazone groups is 1. The van der Waals surface area contributed by atoms with Gasteiger partial charge in [0.25, 0.3) is 0 Å². The van der Waals surface area contributed by atoms with Gasteiger partial charge in [-0.2, -0.15) is 5.10 Å². The van der Waals surface area contributed by atoms with Crippen LogP contribution in [0.15, 0.2) is 16.7 Å². The van der Waals surface area contributed by atoms with Gasteiger partial charge in [-0.1, -0.05) is 11.6 Å². The average molecular weight is 270 g/mol. The quantitative estimate of drug-likeness (QED) is 0.838. The summed E-state index contributed by atoms with van der Waals surface area (Å²) in [7, 11) is 0. The van der Waals surface area contributed by atoms with Gasteiger partial charge < -0.3 is 5.32 Å². The van der Waals surface area contributed by atoms with Gasteiger partial charge in [-0.3, -0.25) is 4.40 Å². The van der Waals surface area contributed by atoms with Crippen molar-refractivity contribution >= 4 is 40.1 Å². The molecule has 0 atom stereocenters. The highest BCUT2D eigenvalue weighted by atomic mass is 35.5. The fourth-order valence-electron chi connectivity index (χ4n) is 1.59. The van der Waals surface area contributed by atoms with E-state index in [1.165, 1.54) is 16.3 Å². The van der Waals surface area contributed by atoms with E-state index in [1.54, 1.807) is 6.21 Å². The van der Waals surface area contributed by atoms with Crippen molar-refractivity contribution in [3.8, 4) is 0 Å². The molecule has 0 bridgehead atoms. The third-order valence-corrected chi connectivity index (χ3v) is 3.44. The first-order chi connectivity index (χ1) is 8.25. The van der Waals surface area contributed by atoms with Gasteiger partial charge in [0.15, 0.2) is 10.1 Å². The van der Waals surface area contributed by atoms with Gasteiger partial charge >= 0.3 is 6.03 Å². The molecule has 0 unspecified atom stereocenters. The lowest BCUT2D eigenvalue weighted by molar-refractivity contribution is 0.219. The van der Waals surface area contributed by atoms with Crippen LogP contribution in [0.2, 0.25) is 5.15 Å². The number of nitrogens with one attached hydrogen (secondary N) is 1.